The second-order valence-corrected chi connectivity index (χ2v) is 7.26. The van der Waals surface area contributed by atoms with E-state index in [1.54, 1.807) is 42.5 Å². The van der Waals surface area contributed by atoms with Crippen LogP contribution in [0.4, 0.5) is 0 Å². The summed E-state index contributed by atoms with van der Waals surface area (Å²) < 4.78 is 5.80. The van der Waals surface area contributed by atoms with E-state index in [9.17, 15) is 15.0 Å². The monoisotopic (exact) mass is 396 g/mol. The molecule has 156 valence electrons. The highest BCUT2D eigenvalue weighted by Crippen LogP contribution is 2.29. The highest BCUT2D eigenvalue weighted by atomic mass is 16.5. The molecule has 0 amide bonds. The van der Waals surface area contributed by atoms with Crippen molar-refractivity contribution in [1.29, 1.82) is 0 Å². The topological polar surface area (TPSA) is 66.8 Å². The summed E-state index contributed by atoms with van der Waals surface area (Å²) in [6.07, 6.45) is 12.8. The van der Waals surface area contributed by atoms with Crippen molar-refractivity contribution >= 4 is 11.9 Å². The number of allylic oxidation sites excluding steroid dienone is 1. The first-order chi connectivity index (χ1) is 14.1. The first kappa shape index (κ1) is 22.5. The van der Waals surface area contributed by atoms with Gasteiger partial charge in [0.05, 0.1) is 6.61 Å². The van der Waals surface area contributed by atoms with Crippen molar-refractivity contribution in [2.24, 2.45) is 0 Å². The molecule has 2 rings (SSSR count). The van der Waals surface area contributed by atoms with E-state index < -0.39 is 0 Å². The number of ether oxygens (including phenoxy) is 1. The van der Waals surface area contributed by atoms with Crippen molar-refractivity contribution < 1.29 is 19.7 Å². The molecular weight excluding hydrogens is 364 g/mol. The Labute approximate surface area is 173 Å². The Balaban J connectivity index is 1.86. The van der Waals surface area contributed by atoms with Crippen LogP contribution < -0.4 is 4.74 Å². The molecule has 0 aliphatic rings. The van der Waals surface area contributed by atoms with Gasteiger partial charge in [-0.05, 0) is 42.3 Å². The van der Waals surface area contributed by atoms with E-state index >= 15 is 0 Å². The number of benzene rings is 2. The summed E-state index contributed by atoms with van der Waals surface area (Å²) in [5.74, 6) is 0.181. The maximum Gasteiger partial charge on any atom is 0.193 e. The van der Waals surface area contributed by atoms with E-state index in [0.29, 0.717) is 12.4 Å². The number of ketones is 1. The van der Waals surface area contributed by atoms with Crippen LogP contribution in [-0.2, 0) is 0 Å². The van der Waals surface area contributed by atoms with Gasteiger partial charge in [-0.15, -0.1) is 0 Å². The van der Waals surface area contributed by atoms with Gasteiger partial charge in [-0.1, -0.05) is 76.1 Å². The second kappa shape index (κ2) is 12.7. The highest BCUT2D eigenvalue weighted by molar-refractivity contribution is 6.10. The van der Waals surface area contributed by atoms with Crippen LogP contribution in [0.2, 0.25) is 0 Å². The zero-order valence-corrected chi connectivity index (χ0v) is 17.3. The van der Waals surface area contributed by atoms with Crippen molar-refractivity contribution in [3.63, 3.8) is 0 Å². The predicted octanol–water partition coefficient (Wildman–Crippen LogP) is 6.51. The van der Waals surface area contributed by atoms with Crippen molar-refractivity contribution in [2.45, 2.75) is 58.3 Å². The van der Waals surface area contributed by atoms with Crippen molar-refractivity contribution in [1.82, 2.24) is 0 Å². The molecule has 0 aliphatic carbocycles. The largest absolute Gasteiger partial charge is 0.508 e. The third-order valence-electron chi connectivity index (χ3n) is 4.83. The fraction of sp³-hybridized carbons (Fsp3) is 0.400. The average molecular weight is 397 g/mol. The van der Waals surface area contributed by atoms with E-state index in [1.807, 2.05) is 0 Å². The van der Waals surface area contributed by atoms with Gasteiger partial charge >= 0.3 is 0 Å². The predicted molar refractivity (Wildman–Crippen MR) is 118 cm³/mol. The van der Waals surface area contributed by atoms with Crippen LogP contribution in [0.25, 0.3) is 6.08 Å². The number of rotatable bonds is 13. The van der Waals surface area contributed by atoms with Crippen LogP contribution in [0, 0.1) is 0 Å². The molecule has 2 aromatic rings. The number of phenolic OH excluding ortho intramolecular Hbond substituents is 2. The van der Waals surface area contributed by atoms with E-state index in [0.717, 1.165) is 18.4 Å². The summed E-state index contributed by atoms with van der Waals surface area (Å²) >= 11 is 0. The molecule has 4 nitrogen and oxygen atoms in total. The van der Waals surface area contributed by atoms with Gasteiger partial charge < -0.3 is 14.9 Å². The lowest BCUT2D eigenvalue weighted by atomic mass is 10.1. The maximum atomic E-state index is 12.6. The average Bonchev–Trinajstić information content (AvgIpc) is 2.72. The Kier molecular flexibility index (Phi) is 9.84. The first-order valence-electron chi connectivity index (χ1n) is 10.6. The molecule has 2 aromatic carbocycles. The normalized spacial score (nSPS) is 11.1. The standard InChI is InChI=1S/C25H32O4/c1-2-3-4-5-6-7-8-9-19-29-24-12-10-11-22(27)25(24)23(28)18-15-20-13-16-21(26)17-14-20/h10-18,26-27H,2-9,19H2,1H3/b18-15+. The summed E-state index contributed by atoms with van der Waals surface area (Å²) in [5, 5.41) is 19.5. The van der Waals surface area contributed by atoms with Crippen LogP contribution in [0.5, 0.6) is 17.2 Å². The van der Waals surface area contributed by atoms with Gasteiger partial charge in [0.2, 0.25) is 0 Å². The molecule has 0 spiro atoms. The number of hydrogen-bond acceptors (Lipinski definition) is 4. The maximum absolute atomic E-state index is 12.6. The number of phenols is 2. The molecule has 0 saturated heterocycles. The first-order valence-corrected chi connectivity index (χ1v) is 10.6. The molecule has 0 fully saturated rings. The lowest BCUT2D eigenvalue weighted by Crippen LogP contribution is -2.04. The Morgan fingerprint density at radius 3 is 2.24 bits per heavy atom. The number of carbonyl (C=O) groups is 1. The summed E-state index contributed by atoms with van der Waals surface area (Å²) in [6, 6.07) is 11.4. The SMILES string of the molecule is CCCCCCCCCCOc1cccc(O)c1C(=O)/C=C/c1ccc(O)cc1. The Hall–Kier alpha value is -2.75. The number of aromatic hydroxyl groups is 2. The Bertz CT molecular complexity index is 778. The van der Waals surface area contributed by atoms with Crippen LogP contribution in [0.1, 0.15) is 74.2 Å². The molecule has 4 heteroatoms. The Morgan fingerprint density at radius 2 is 1.55 bits per heavy atom. The van der Waals surface area contributed by atoms with Crippen LogP contribution in [-0.4, -0.2) is 22.6 Å². The van der Waals surface area contributed by atoms with Crippen molar-refractivity contribution in [3.8, 4) is 17.2 Å². The zero-order chi connectivity index (χ0) is 20.9. The molecule has 29 heavy (non-hydrogen) atoms. The molecule has 0 bridgehead atoms. The van der Waals surface area contributed by atoms with Gasteiger partial charge in [-0.2, -0.15) is 0 Å². The van der Waals surface area contributed by atoms with Gasteiger partial charge in [0.15, 0.2) is 5.78 Å². The van der Waals surface area contributed by atoms with E-state index in [1.165, 1.54) is 50.7 Å². The molecular formula is C25H32O4. The minimum atomic E-state index is -0.318. The highest BCUT2D eigenvalue weighted by Gasteiger charge is 2.15. The molecule has 0 saturated carbocycles. The van der Waals surface area contributed by atoms with E-state index in [-0.39, 0.29) is 22.8 Å². The van der Waals surface area contributed by atoms with Crippen LogP contribution >= 0.6 is 0 Å². The quantitative estimate of drug-likeness (QED) is 0.230. The summed E-state index contributed by atoms with van der Waals surface area (Å²) in [7, 11) is 0. The van der Waals surface area contributed by atoms with Crippen LogP contribution in [0.15, 0.2) is 48.5 Å². The third-order valence-corrected chi connectivity index (χ3v) is 4.83. The van der Waals surface area contributed by atoms with E-state index in [4.69, 9.17) is 4.74 Å². The van der Waals surface area contributed by atoms with Gasteiger partial charge in [-0.25, -0.2) is 0 Å². The minimum absolute atomic E-state index is 0.0845. The van der Waals surface area contributed by atoms with Gasteiger partial charge in [-0.3, -0.25) is 4.79 Å². The third kappa shape index (κ3) is 8.02. The number of carbonyl (C=O) groups excluding carboxylic acids is 1. The minimum Gasteiger partial charge on any atom is -0.508 e. The lowest BCUT2D eigenvalue weighted by molar-refractivity contribution is 0.104. The fourth-order valence-corrected chi connectivity index (χ4v) is 3.15. The summed E-state index contributed by atoms with van der Waals surface area (Å²) in [4.78, 5) is 12.6. The second-order valence-electron chi connectivity index (χ2n) is 7.26. The zero-order valence-electron chi connectivity index (χ0n) is 17.3. The lowest BCUT2D eigenvalue weighted by Gasteiger charge is -2.11. The van der Waals surface area contributed by atoms with E-state index in [2.05, 4.69) is 6.92 Å². The molecule has 0 aromatic heterocycles. The molecule has 0 unspecified atom stereocenters. The number of hydrogen-bond donors (Lipinski definition) is 2. The molecule has 0 heterocycles. The van der Waals surface area contributed by atoms with Crippen molar-refractivity contribution in [2.75, 3.05) is 6.61 Å². The summed E-state index contributed by atoms with van der Waals surface area (Å²) in [5.41, 5.74) is 0.968. The molecule has 0 aliphatic heterocycles. The van der Waals surface area contributed by atoms with Crippen LogP contribution in [0.3, 0.4) is 0 Å². The van der Waals surface area contributed by atoms with Gasteiger partial charge in [0.25, 0.3) is 0 Å². The molecule has 2 N–H and O–H groups in total. The molecule has 0 atom stereocenters. The fourth-order valence-electron chi connectivity index (χ4n) is 3.15. The smallest absolute Gasteiger partial charge is 0.193 e. The Morgan fingerprint density at radius 1 is 0.897 bits per heavy atom. The summed E-state index contributed by atoms with van der Waals surface area (Å²) in [6.45, 7) is 2.75. The van der Waals surface area contributed by atoms with Gasteiger partial charge in [0, 0.05) is 0 Å². The van der Waals surface area contributed by atoms with Gasteiger partial charge in [0.1, 0.15) is 22.8 Å². The van der Waals surface area contributed by atoms with Crippen molar-refractivity contribution in [3.05, 3.63) is 59.7 Å². The number of unbranched alkanes of at least 4 members (excludes halogenated alkanes) is 7. The molecule has 0 radical (unpaired) electrons.